The first-order valence-electron chi connectivity index (χ1n) is 7.97. The minimum Gasteiger partial charge on any atom is -0.550 e. The summed E-state index contributed by atoms with van der Waals surface area (Å²) in [5.41, 5.74) is 0. The zero-order valence-corrected chi connectivity index (χ0v) is 15.2. The number of rotatable bonds is 14. The number of hydrogen-bond donors (Lipinski definition) is 0. The number of carboxylic acids is 1. The predicted octanol–water partition coefficient (Wildman–Crippen LogP) is 1.22. The minimum absolute atomic E-state index is 0. The predicted molar refractivity (Wildman–Crippen MR) is 75.3 cm³/mol. The molecule has 0 N–H and O–H groups in total. The molecule has 108 valence electrons. The SMILES string of the molecule is CCCCCCCCCCCCCCC[13C](=O)[O-].[Na+]. The Labute approximate surface area is 142 Å². The first kappa shape index (κ1) is 21.8. The fraction of sp³-hybridized carbons (Fsp3) is 0.938. The van der Waals surface area contributed by atoms with E-state index < -0.39 is 5.97 Å². The minimum atomic E-state index is -0.905. The standard InChI is InChI=1S/C16H32O2.Na/c1-2-3-4-5-6-7-8-9-10-11-12-13-14-15-16(17)18;/h2-15H2,1H3,(H,17,18);/q;+1/p-1/i16+1;. The van der Waals surface area contributed by atoms with Crippen molar-refractivity contribution in [2.45, 2.75) is 96.8 Å². The molecule has 0 aliphatic rings. The van der Waals surface area contributed by atoms with Crippen molar-refractivity contribution >= 4 is 5.97 Å². The van der Waals surface area contributed by atoms with E-state index in [4.69, 9.17) is 0 Å². The molecule has 0 saturated carbocycles. The molecule has 0 spiro atoms. The Morgan fingerprint density at radius 2 is 1.00 bits per heavy atom. The number of hydrogen-bond acceptors (Lipinski definition) is 2. The molecular formula is C16H31NaO2. The van der Waals surface area contributed by atoms with Gasteiger partial charge >= 0.3 is 29.6 Å². The fourth-order valence-corrected chi connectivity index (χ4v) is 2.29. The van der Waals surface area contributed by atoms with Crippen LogP contribution in [0, 0.1) is 0 Å². The molecule has 0 radical (unpaired) electrons. The van der Waals surface area contributed by atoms with Crippen LogP contribution in [-0.2, 0) is 4.79 Å². The Bertz CT molecular complexity index is 184. The molecule has 3 heteroatoms. The first-order chi connectivity index (χ1) is 8.77. The maximum Gasteiger partial charge on any atom is 1.00 e. The second-order valence-electron chi connectivity index (χ2n) is 5.36. The van der Waals surface area contributed by atoms with E-state index in [0.717, 1.165) is 12.8 Å². The fourth-order valence-electron chi connectivity index (χ4n) is 2.29. The molecular weight excluding hydrogens is 248 g/mol. The van der Waals surface area contributed by atoms with Gasteiger partial charge in [-0.2, -0.15) is 0 Å². The summed E-state index contributed by atoms with van der Waals surface area (Å²) in [7, 11) is 0. The maximum absolute atomic E-state index is 10.2. The van der Waals surface area contributed by atoms with Crippen molar-refractivity contribution in [1.29, 1.82) is 0 Å². The van der Waals surface area contributed by atoms with Gasteiger partial charge in [0.2, 0.25) is 0 Å². The molecule has 0 aromatic rings. The molecule has 0 heterocycles. The van der Waals surface area contributed by atoms with Gasteiger partial charge in [0.25, 0.3) is 0 Å². The van der Waals surface area contributed by atoms with Crippen LogP contribution in [0.3, 0.4) is 0 Å². The van der Waals surface area contributed by atoms with Crippen molar-refractivity contribution < 1.29 is 39.5 Å². The first-order valence-corrected chi connectivity index (χ1v) is 7.97. The average Bonchev–Trinajstić information content (AvgIpc) is 2.34. The number of unbranched alkanes of at least 4 members (excludes halogenated alkanes) is 12. The molecule has 19 heavy (non-hydrogen) atoms. The van der Waals surface area contributed by atoms with E-state index in [9.17, 15) is 9.90 Å². The molecule has 0 aliphatic carbocycles. The van der Waals surface area contributed by atoms with Crippen molar-refractivity contribution in [3.63, 3.8) is 0 Å². The molecule has 0 saturated heterocycles. The van der Waals surface area contributed by atoms with Gasteiger partial charge in [-0.25, -0.2) is 0 Å². The van der Waals surface area contributed by atoms with E-state index in [2.05, 4.69) is 6.92 Å². The molecule has 0 aromatic carbocycles. The summed E-state index contributed by atoms with van der Waals surface area (Å²) in [4.78, 5) is 10.2. The summed E-state index contributed by atoms with van der Waals surface area (Å²) in [5, 5.41) is 10.2. The Morgan fingerprint density at radius 3 is 1.32 bits per heavy atom. The topological polar surface area (TPSA) is 40.1 Å². The molecule has 0 amide bonds. The van der Waals surface area contributed by atoms with Crippen molar-refractivity contribution in [3.8, 4) is 0 Å². The molecule has 0 aromatic heterocycles. The average molecular weight is 279 g/mol. The number of carboxylic acid groups (broad SMARTS) is 1. The van der Waals surface area contributed by atoms with E-state index in [0.29, 0.717) is 0 Å². The van der Waals surface area contributed by atoms with Crippen LogP contribution in [0.25, 0.3) is 0 Å². The van der Waals surface area contributed by atoms with Crippen LogP contribution in [0.1, 0.15) is 96.8 Å². The summed E-state index contributed by atoms with van der Waals surface area (Å²) in [6, 6.07) is 0. The van der Waals surface area contributed by atoms with Gasteiger partial charge < -0.3 is 9.90 Å². The Hall–Kier alpha value is 0.470. The summed E-state index contributed by atoms with van der Waals surface area (Å²) >= 11 is 0. The third kappa shape index (κ3) is 20.9. The summed E-state index contributed by atoms with van der Waals surface area (Å²) in [5.74, 6) is -0.905. The smallest absolute Gasteiger partial charge is 0.550 e. The van der Waals surface area contributed by atoms with E-state index in [1.807, 2.05) is 0 Å². The Morgan fingerprint density at radius 1 is 0.684 bits per heavy atom. The molecule has 0 fully saturated rings. The molecule has 0 aliphatic heterocycles. The van der Waals surface area contributed by atoms with Crippen LogP contribution in [-0.4, -0.2) is 5.97 Å². The second-order valence-corrected chi connectivity index (χ2v) is 5.36. The largest absolute Gasteiger partial charge is 1.00 e. The van der Waals surface area contributed by atoms with Crippen LogP contribution < -0.4 is 34.7 Å². The number of carbonyl (C=O) groups is 1. The van der Waals surface area contributed by atoms with Crippen LogP contribution in [0.15, 0.2) is 0 Å². The second kappa shape index (κ2) is 18.5. The van der Waals surface area contributed by atoms with Crippen LogP contribution in [0.2, 0.25) is 0 Å². The Balaban J connectivity index is 0. The van der Waals surface area contributed by atoms with Gasteiger partial charge in [0.05, 0.1) is 0 Å². The zero-order chi connectivity index (χ0) is 13.5. The van der Waals surface area contributed by atoms with Crippen molar-refractivity contribution in [1.82, 2.24) is 0 Å². The van der Waals surface area contributed by atoms with Crippen LogP contribution in [0.4, 0.5) is 0 Å². The van der Waals surface area contributed by atoms with Crippen molar-refractivity contribution in [3.05, 3.63) is 0 Å². The quantitative estimate of drug-likeness (QED) is 0.272. The molecule has 0 unspecified atom stereocenters. The van der Waals surface area contributed by atoms with Gasteiger partial charge in [-0.05, 0) is 12.8 Å². The van der Waals surface area contributed by atoms with E-state index >= 15 is 0 Å². The molecule has 0 rings (SSSR count). The van der Waals surface area contributed by atoms with Gasteiger partial charge in [-0.15, -0.1) is 0 Å². The normalized spacial score (nSPS) is 10.2. The Kier molecular flexibility index (Phi) is 21.2. The van der Waals surface area contributed by atoms with Gasteiger partial charge in [0.1, 0.15) is 0 Å². The zero-order valence-electron chi connectivity index (χ0n) is 13.2. The number of carbonyl (C=O) groups excluding carboxylic acids is 1. The van der Waals surface area contributed by atoms with E-state index in [1.54, 1.807) is 0 Å². The molecule has 0 bridgehead atoms. The van der Waals surface area contributed by atoms with Crippen LogP contribution in [0.5, 0.6) is 0 Å². The van der Waals surface area contributed by atoms with Crippen LogP contribution >= 0.6 is 0 Å². The van der Waals surface area contributed by atoms with E-state index in [-0.39, 0.29) is 36.0 Å². The molecule has 0 atom stereocenters. The summed E-state index contributed by atoms with van der Waals surface area (Å²) < 4.78 is 0. The summed E-state index contributed by atoms with van der Waals surface area (Å²) in [6.07, 6.45) is 16.9. The van der Waals surface area contributed by atoms with E-state index in [1.165, 1.54) is 70.6 Å². The monoisotopic (exact) mass is 279 g/mol. The van der Waals surface area contributed by atoms with Gasteiger partial charge in [-0.3, -0.25) is 0 Å². The maximum atomic E-state index is 10.2. The summed E-state index contributed by atoms with van der Waals surface area (Å²) in [6.45, 7) is 2.26. The van der Waals surface area contributed by atoms with Crippen molar-refractivity contribution in [2.24, 2.45) is 0 Å². The van der Waals surface area contributed by atoms with Crippen molar-refractivity contribution in [2.75, 3.05) is 0 Å². The van der Waals surface area contributed by atoms with Gasteiger partial charge in [0.15, 0.2) is 0 Å². The third-order valence-corrected chi connectivity index (χ3v) is 3.48. The number of aliphatic carboxylic acids is 1. The van der Waals surface area contributed by atoms with Gasteiger partial charge in [-0.1, -0.05) is 84.0 Å². The third-order valence-electron chi connectivity index (χ3n) is 3.48. The molecule has 2 nitrogen and oxygen atoms in total. The van der Waals surface area contributed by atoms with Gasteiger partial charge in [0, 0.05) is 5.97 Å².